The van der Waals surface area contributed by atoms with Crippen molar-refractivity contribution in [1.82, 2.24) is 9.47 Å². The van der Waals surface area contributed by atoms with E-state index in [9.17, 15) is 9.59 Å². The van der Waals surface area contributed by atoms with Gasteiger partial charge in [-0.2, -0.15) is 0 Å². The topological polar surface area (TPSA) is 89.6 Å². The summed E-state index contributed by atoms with van der Waals surface area (Å²) in [7, 11) is 3.47. The van der Waals surface area contributed by atoms with Crippen LogP contribution in [-0.2, 0) is 20.9 Å². The molecule has 0 bridgehead atoms. The number of carbonyl (C=O) groups excluding carboxylic acids is 2. The number of rotatable bonds is 5. The molecule has 0 aliphatic carbocycles. The van der Waals surface area contributed by atoms with E-state index in [0.29, 0.717) is 38.3 Å². The van der Waals surface area contributed by atoms with Gasteiger partial charge in [0.25, 0.3) is 0 Å². The van der Waals surface area contributed by atoms with Crippen LogP contribution in [-0.4, -0.2) is 55.1 Å². The second-order valence-corrected chi connectivity index (χ2v) is 7.06. The van der Waals surface area contributed by atoms with Crippen molar-refractivity contribution in [2.24, 2.45) is 11.1 Å². The van der Waals surface area contributed by atoms with Gasteiger partial charge in [-0.3, -0.25) is 9.59 Å². The molecule has 0 unspecified atom stereocenters. The summed E-state index contributed by atoms with van der Waals surface area (Å²) >= 11 is 0. The smallest absolute Gasteiger partial charge is 0.241 e. The fourth-order valence-corrected chi connectivity index (χ4v) is 3.24. The van der Waals surface area contributed by atoms with Crippen molar-refractivity contribution >= 4 is 28.4 Å². The van der Waals surface area contributed by atoms with Crippen LogP contribution in [0.1, 0.15) is 12.8 Å². The van der Waals surface area contributed by atoms with Gasteiger partial charge >= 0.3 is 0 Å². The highest BCUT2D eigenvalue weighted by atomic mass is 16.5. The Morgan fingerprint density at radius 1 is 1.27 bits per heavy atom. The first-order valence-electron chi connectivity index (χ1n) is 8.83. The molecule has 2 amide bonds. The fraction of sp³-hybridized carbons (Fsp3) is 0.474. The van der Waals surface area contributed by atoms with Crippen LogP contribution < -0.4 is 11.1 Å². The van der Waals surface area contributed by atoms with Crippen LogP contribution in [0.4, 0.5) is 5.69 Å². The van der Waals surface area contributed by atoms with Gasteiger partial charge in [-0.1, -0.05) is 6.07 Å². The summed E-state index contributed by atoms with van der Waals surface area (Å²) in [6.07, 6.45) is 3.15. The number of nitrogens with two attached hydrogens (primary N) is 1. The van der Waals surface area contributed by atoms with Crippen molar-refractivity contribution in [3.8, 4) is 0 Å². The minimum absolute atomic E-state index is 0.0150. The highest BCUT2D eigenvalue weighted by Crippen LogP contribution is 2.31. The summed E-state index contributed by atoms with van der Waals surface area (Å²) in [5, 5.41) is 4.03. The number of nitrogens with one attached hydrogen (secondary N) is 1. The number of ether oxygens (including phenoxy) is 1. The molecule has 2 aromatic rings. The average Bonchev–Trinajstić information content (AvgIpc) is 3.04. The maximum atomic E-state index is 12.8. The number of nitrogens with zero attached hydrogens (tertiary/aromatic N) is 2. The van der Waals surface area contributed by atoms with Crippen molar-refractivity contribution in [3.05, 3.63) is 30.5 Å². The number of fused-ring (bicyclic) bond motifs is 1. The molecular formula is C19H26N4O3. The third-order valence-corrected chi connectivity index (χ3v) is 5.16. The predicted molar refractivity (Wildman–Crippen MR) is 101 cm³/mol. The number of hydrogen-bond donors (Lipinski definition) is 2. The number of aromatic nitrogens is 1. The van der Waals surface area contributed by atoms with Gasteiger partial charge in [-0.25, -0.2) is 0 Å². The van der Waals surface area contributed by atoms with Gasteiger partial charge in [0.2, 0.25) is 11.8 Å². The number of benzene rings is 1. The number of likely N-dealkylation sites (N-methyl/N-ethyl adjacent to an activating group) is 1. The van der Waals surface area contributed by atoms with Crippen LogP contribution in [0.5, 0.6) is 0 Å². The zero-order chi connectivity index (χ0) is 18.7. The molecule has 1 aliphatic rings. The van der Waals surface area contributed by atoms with Gasteiger partial charge in [0, 0.05) is 45.7 Å². The summed E-state index contributed by atoms with van der Waals surface area (Å²) in [6.45, 7) is 1.68. The SMILES string of the molecule is CN(C)C(=O)Cn1ccc2ccc(NC(=O)C3(CN)CCOCC3)cc21. The van der Waals surface area contributed by atoms with Crippen molar-refractivity contribution in [1.29, 1.82) is 0 Å². The van der Waals surface area contributed by atoms with Gasteiger partial charge in [0.05, 0.1) is 10.9 Å². The van der Waals surface area contributed by atoms with Crippen molar-refractivity contribution in [2.75, 3.05) is 39.2 Å². The van der Waals surface area contributed by atoms with Crippen LogP contribution >= 0.6 is 0 Å². The Balaban J connectivity index is 1.82. The lowest BCUT2D eigenvalue weighted by molar-refractivity contribution is -0.130. The average molecular weight is 358 g/mol. The molecular weight excluding hydrogens is 332 g/mol. The molecule has 1 aliphatic heterocycles. The quantitative estimate of drug-likeness (QED) is 0.846. The van der Waals surface area contributed by atoms with Gasteiger partial charge in [0.15, 0.2) is 0 Å². The Morgan fingerprint density at radius 3 is 2.65 bits per heavy atom. The first kappa shape index (κ1) is 18.4. The Hall–Kier alpha value is -2.38. The zero-order valence-corrected chi connectivity index (χ0v) is 15.3. The normalized spacial score (nSPS) is 16.4. The molecule has 3 N–H and O–H groups in total. The molecule has 1 aromatic heterocycles. The molecule has 2 heterocycles. The van der Waals surface area contributed by atoms with E-state index >= 15 is 0 Å². The minimum atomic E-state index is -0.573. The van der Waals surface area contributed by atoms with E-state index in [2.05, 4.69) is 5.32 Å². The van der Waals surface area contributed by atoms with E-state index < -0.39 is 5.41 Å². The first-order valence-corrected chi connectivity index (χ1v) is 8.83. The molecule has 1 saturated heterocycles. The summed E-state index contributed by atoms with van der Waals surface area (Å²) in [4.78, 5) is 26.4. The van der Waals surface area contributed by atoms with Crippen molar-refractivity contribution in [3.63, 3.8) is 0 Å². The van der Waals surface area contributed by atoms with Crippen LogP contribution in [0.3, 0.4) is 0 Å². The summed E-state index contributed by atoms with van der Waals surface area (Å²) in [5.41, 5.74) is 6.95. The van der Waals surface area contributed by atoms with Crippen molar-refractivity contribution in [2.45, 2.75) is 19.4 Å². The van der Waals surface area contributed by atoms with Gasteiger partial charge in [-0.05, 0) is 36.4 Å². The monoisotopic (exact) mass is 358 g/mol. The van der Waals surface area contributed by atoms with Gasteiger partial charge in [0.1, 0.15) is 6.54 Å². The van der Waals surface area contributed by atoms with Crippen molar-refractivity contribution < 1.29 is 14.3 Å². The lowest BCUT2D eigenvalue weighted by atomic mass is 9.79. The maximum Gasteiger partial charge on any atom is 0.241 e. The first-order chi connectivity index (χ1) is 12.4. The molecule has 7 heteroatoms. The Kier molecular flexibility index (Phi) is 5.29. The van der Waals surface area contributed by atoms with E-state index in [1.165, 1.54) is 0 Å². The fourth-order valence-electron chi connectivity index (χ4n) is 3.24. The molecule has 1 fully saturated rings. The molecule has 3 rings (SSSR count). The summed E-state index contributed by atoms with van der Waals surface area (Å²) in [5.74, 6) is -0.0497. The molecule has 26 heavy (non-hydrogen) atoms. The second-order valence-electron chi connectivity index (χ2n) is 7.06. The molecule has 1 aromatic carbocycles. The van der Waals surface area contributed by atoms with Gasteiger partial charge < -0.3 is 25.3 Å². The third kappa shape index (κ3) is 3.59. The molecule has 0 saturated carbocycles. The van der Waals surface area contributed by atoms with E-state index in [1.807, 2.05) is 35.0 Å². The Labute approximate surface area is 153 Å². The van der Waals surface area contributed by atoms with Crippen LogP contribution in [0, 0.1) is 5.41 Å². The molecule has 0 radical (unpaired) electrons. The highest BCUT2D eigenvalue weighted by Gasteiger charge is 2.38. The Bertz CT molecular complexity index is 806. The third-order valence-electron chi connectivity index (χ3n) is 5.16. The molecule has 140 valence electrons. The molecule has 0 spiro atoms. The van der Waals surface area contributed by atoms with E-state index in [4.69, 9.17) is 10.5 Å². The number of amides is 2. The summed E-state index contributed by atoms with van der Waals surface area (Å²) in [6, 6.07) is 7.69. The Morgan fingerprint density at radius 2 is 2.00 bits per heavy atom. The lowest BCUT2D eigenvalue weighted by Gasteiger charge is -2.34. The van der Waals surface area contributed by atoms with Gasteiger partial charge in [-0.15, -0.1) is 0 Å². The second kappa shape index (κ2) is 7.47. The number of anilines is 1. The van der Waals surface area contributed by atoms with Crippen LogP contribution in [0.25, 0.3) is 10.9 Å². The number of hydrogen-bond acceptors (Lipinski definition) is 4. The molecule has 7 nitrogen and oxygen atoms in total. The molecule has 0 atom stereocenters. The maximum absolute atomic E-state index is 12.8. The zero-order valence-electron chi connectivity index (χ0n) is 15.3. The van der Waals surface area contributed by atoms with Crippen LogP contribution in [0.15, 0.2) is 30.5 Å². The van der Waals surface area contributed by atoms with E-state index in [1.54, 1.807) is 19.0 Å². The minimum Gasteiger partial charge on any atom is -0.381 e. The number of carbonyl (C=O) groups is 2. The van der Waals surface area contributed by atoms with E-state index in [-0.39, 0.29) is 18.4 Å². The predicted octanol–water partition coefficient (Wildman–Crippen LogP) is 1.42. The lowest BCUT2D eigenvalue weighted by Crippen LogP contribution is -2.46. The largest absolute Gasteiger partial charge is 0.381 e. The van der Waals surface area contributed by atoms with Crippen LogP contribution in [0.2, 0.25) is 0 Å². The standard InChI is InChI=1S/C19H26N4O3/c1-22(2)17(24)12-23-8-5-14-3-4-15(11-16(14)23)21-18(25)19(13-20)6-9-26-10-7-19/h3-5,8,11H,6-7,9-10,12-13,20H2,1-2H3,(H,21,25). The summed E-state index contributed by atoms with van der Waals surface area (Å²) < 4.78 is 7.26. The van der Waals surface area contributed by atoms with E-state index in [0.717, 1.165) is 10.9 Å². The highest BCUT2D eigenvalue weighted by molar-refractivity contribution is 5.97.